The zero-order valence-electron chi connectivity index (χ0n) is 17.9. The summed E-state index contributed by atoms with van der Waals surface area (Å²) in [4.78, 5) is 41.9. The van der Waals surface area contributed by atoms with Gasteiger partial charge in [-0.15, -0.1) is 0 Å². The minimum Gasteiger partial charge on any atom is -0.394 e. The number of hydrogen-bond acceptors (Lipinski definition) is 9. The average molecular weight is 438 g/mol. The lowest BCUT2D eigenvalue weighted by molar-refractivity contribution is -0.118. The van der Waals surface area contributed by atoms with Crippen LogP contribution in [0, 0.1) is 0 Å². The van der Waals surface area contributed by atoms with E-state index in [0.29, 0.717) is 17.3 Å². The summed E-state index contributed by atoms with van der Waals surface area (Å²) in [5, 5.41) is 17.4. The fraction of sp³-hybridized carbons (Fsp3) is 0.333. The number of allylic oxidation sites excluding steroid dienone is 1. The lowest BCUT2D eigenvalue weighted by atomic mass is 10.2. The number of carbonyl (C=O) groups is 2. The zero-order chi connectivity index (χ0) is 23.1. The largest absolute Gasteiger partial charge is 0.394 e. The summed E-state index contributed by atoms with van der Waals surface area (Å²) in [6.07, 6.45) is 7.87. The minimum absolute atomic E-state index is 0.0211. The van der Waals surface area contributed by atoms with E-state index in [1.165, 1.54) is 19.6 Å². The van der Waals surface area contributed by atoms with Gasteiger partial charge in [-0.2, -0.15) is 0 Å². The van der Waals surface area contributed by atoms with Crippen molar-refractivity contribution in [2.75, 3.05) is 19.0 Å². The summed E-state index contributed by atoms with van der Waals surface area (Å²) >= 11 is 0. The van der Waals surface area contributed by atoms with Crippen LogP contribution >= 0.6 is 0 Å². The molecule has 0 aromatic carbocycles. The molecule has 1 atom stereocenters. The number of hydrogen-bond donors (Lipinski definition) is 5. The van der Waals surface area contributed by atoms with Crippen LogP contribution in [-0.2, 0) is 4.79 Å². The third kappa shape index (κ3) is 5.85. The molecule has 1 aliphatic rings. The second-order valence-corrected chi connectivity index (χ2v) is 7.38. The Balaban J connectivity index is 1.90. The van der Waals surface area contributed by atoms with Gasteiger partial charge in [-0.05, 0) is 31.9 Å². The van der Waals surface area contributed by atoms with Crippen molar-refractivity contribution >= 4 is 29.4 Å². The van der Waals surface area contributed by atoms with Gasteiger partial charge in [-0.1, -0.05) is 0 Å². The monoisotopic (exact) mass is 438 g/mol. The number of nitrogens with one attached hydrogen (secondary N) is 3. The van der Waals surface area contributed by atoms with E-state index in [9.17, 15) is 9.59 Å². The maximum Gasteiger partial charge on any atom is 0.276 e. The number of aliphatic hydroxyl groups excluding tert-OH is 1. The Morgan fingerprint density at radius 2 is 2.03 bits per heavy atom. The van der Waals surface area contributed by atoms with Crippen molar-refractivity contribution in [3.63, 3.8) is 0 Å². The highest BCUT2D eigenvalue weighted by Crippen LogP contribution is 2.39. The summed E-state index contributed by atoms with van der Waals surface area (Å²) in [7, 11) is 1.49. The number of pyridine rings is 1. The molecule has 2 heterocycles. The van der Waals surface area contributed by atoms with Gasteiger partial charge >= 0.3 is 0 Å². The Morgan fingerprint density at radius 1 is 1.31 bits per heavy atom. The van der Waals surface area contributed by atoms with Crippen molar-refractivity contribution in [3.8, 4) is 0 Å². The summed E-state index contributed by atoms with van der Waals surface area (Å²) in [5.41, 5.74) is 7.73. The first-order valence-electron chi connectivity index (χ1n) is 10.1. The first kappa shape index (κ1) is 22.8. The molecule has 168 valence electrons. The topological polar surface area (TPSA) is 168 Å². The average Bonchev–Trinajstić information content (AvgIpc) is 3.64. The lowest BCUT2D eigenvalue weighted by Crippen LogP contribution is -2.40. The van der Waals surface area contributed by atoms with E-state index in [-0.39, 0.29) is 23.7 Å². The van der Waals surface area contributed by atoms with Crippen LogP contribution in [0.25, 0.3) is 0 Å². The molecule has 1 aliphatic carbocycles. The quantitative estimate of drug-likeness (QED) is 0.280. The van der Waals surface area contributed by atoms with Crippen LogP contribution in [-0.4, -0.2) is 57.8 Å². The standard InChI is InChI=1S/C21H26N8O3/c1-12(10-30)26-20(31)18(22)17(9-23-2)29-21(32)19-16(27-14-7-24-11-25-8-14)6-5-15(28-19)13-3-4-13/h5-9,11-13,27,30H,3-4,10,22H2,1-2H3,(H,26,31)(H,29,32). The number of aromatic nitrogens is 3. The molecular formula is C21H26N8O3. The number of rotatable bonds is 9. The van der Waals surface area contributed by atoms with E-state index >= 15 is 0 Å². The van der Waals surface area contributed by atoms with Gasteiger partial charge in [-0.25, -0.2) is 15.0 Å². The molecule has 32 heavy (non-hydrogen) atoms. The number of nitrogens with two attached hydrogens (primary N) is 1. The fourth-order valence-corrected chi connectivity index (χ4v) is 2.82. The number of aliphatic imine (C=N–C) groups is 1. The smallest absolute Gasteiger partial charge is 0.276 e. The normalized spacial score (nSPS) is 15.1. The van der Waals surface area contributed by atoms with Crippen molar-refractivity contribution in [1.82, 2.24) is 25.6 Å². The van der Waals surface area contributed by atoms with Crippen molar-refractivity contribution in [2.45, 2.75) is 31.7 Å². The molecule has 0 saturated heterocycles. The van der Waals surface area contributed by atoms with Crippen LogP contribution in [0.15, 0.2) is 47.2 Å². The van der Waals surface area contributed by atoms with E-state index in [0.717, 1.165) is 18.5 Å². The van der Waals surface area contributed by atoms with Crippen molar-refractivity contribution < 1.29 is 14.7 Å². The third-order valence-corrected chi connectivity index (χ3v) is 4.66. The molecule has 3 rings (SSSR count). The van der Waals surface area contributed by atoms with Crippen LogP contribution in [0.1, 0.15) is 41.9 Å². The molecule has 6 N–H and O–H groups in total. The first-order valence-corrected chi connectivity index (χ1v) is 10.1. The van der Waals surface area contributed by atoms with E-state index < -0.39 is 17.9 Å². The molecule has 2 aromatic rings. The maximum absolute atomic E-state index is 13.2. The van der Waals surface area contributed by atoms with Crippen molar-refractivity contribution in [2.24, 2.45) is 10.7 Å². The summed E-state index contributed by atoms with van der Waals surface area (Å²) in [5.74, 6) is -0.868. The number of nitrogens with zero attached hydrogens (tertiary/aromatic N) is 4. The summed E-state index contributed by atoms with van der Waals surface area (Å²) in [6, 6.07) is 3.15. The Labute approximate surface area is 185 Å². The molecule has 1 unspecified atom stereocenters. The number of anilines is 2. The third-order valence-electron chi connectivity index (χ3n) is 4.66. The Kier molecular flexibility index (Phi) is 7.45. The van der Waals surface area contributed by atoms with E-state index in [4.69, 9.17) is 10.8 Å². The maximum atomic E-state index is 13.2. The van der Waals surface area contributed by atoms with Crippen LogP contribution < -0.4 is 21.7 Å². The van der Waals surface area contributed by atoms with Gasteiger partial charge in [0.05, 0.1) is 36.1 Å². The van der Waals surface area contributed by atoms with Gasteiger partial charge in [0.2, 0.25) is 0 Å². The van der Waals surface area contributed by atoms with Crippen LogP contribution in [0.3, 0.4) is 0 Å². The molecule has 2 amide bonds. The molecule has 0 spiro atoms. The highest BCUT2D eigenvalue weighted by Gasteiger charge is 2.27. The molecule has 2 aromatic heterocycles. The summed E-state index contributed by atoms with van der Waals surface area (Å²) in [6.45, 7) is 1.37. The van der Waals surface area contributed by atoms with Crippen LogP contribution in [0.2, 0.25) is 0 Å². The number of aliphatic hydroxyl groups is 1. The summed E-state index contributed by atoms with van der Waals surface area (Å²) < 4.78 is 0. The van der Waals surface area contributed by atoms with Gasteiger partial charge in [-0.3, -0.25) is 14.6 Å². The molecule has 0 radical (unpaired) electrons. The Morgan fingerprint density at radius 3 is 2.66 bits per heavy atom. The molecular weight excluding hydrogens is 412 g/mol. The van der Waals surface area contributed by atoms with Gasteiger partial charge < -0.3 is 26.8 Å². The second-order valence-electron chi connectivity index (χ2n) is 7.38. The predicted molar refractivity (Wildman–Crippen MR) is 119 cm³/mol. The van der Waals surface area contributed by atoms with Crippen LogP contribution in [0.4, 0.5) is 11.4 Å². The van der Waals surface area contributed by atoms with Crippen molar-refractivity contribution in [3.05, 3.63) is 53.6 Å². The fourth-order valence-electron chi connectivity index (χ4n) is 2.82. The molecule has 0 aliphatic heterocycles. The van der Waals surface area contributed by atoms with Crippen LogP contribution in [0.5, 0.6) is 0 Å². The minimum atomic E-state index is -0.638. The predicted octanol–water partition coefficient (Wildman–Crippen LogP) is 0.590. The molecule has 1 saturated carbocycles. The van der Waals surface area contributed by atoms with Crippen molar-refractivity contribution in [1.29, 1.82) is 0 Å². The lowest BCUT2D eigenvalue weighted by Gasteiger charge is -2.15. The second kappa shape index (κ2) is 10.4. The van der Waals surface area contributed by atoms with Gasteiger partial charge in [0.15, 0.2) is 5.69 Å². The molecule has 1 fully saturated rings. The van der Waals surface area contributed by atoms with E-state index in [2.05, 4.69) is 35.9 Å². The van der Waals surface area contributed by atoms with E-state index in [1.807, 2.05) is 6.07 Å². The highest BCUT2D eigenvalue weighted by molar-refractivity contribution is 6.05. The highest BCUT2D eigenvalue weighted by atomic mass is 16.3. The van der Waals surface area contributed by atoms with Gasteiger partial charge in [0.1, 0.15) is 12.0 Å². The van der Waals surface area contributed by atoms with E-state index in [1.54, 1.807) is 25.4 Å². The number of carbonyl (C=O) groups excluding carboxylic acids is 2. The molecule has 11 heteroatoms. The molecule has 0 bridgehead atoms. The van der Waals surface area contributed by atoms with Gasteiger partial charge in [0.25, 0.3) is 11.8 Å². The number of amides is 2. The SMILES string of the molecule is CN=CC(NC(=O)c1nc(C2CC2)ccc1Nc1cncnc1)=C(N)C(=O)NC(C)CO. The Hall–Kier alpha value is -3.86. The Bertz CT molecular complexity index is 1030. The zero-order valence-corrected chi connectivity index (χ0v) is 17.9. The van der Waals surface area contributed by atoms with Gasteiger partial charge in [0, 0.05) is 30.9 Å². The first-order chi connectivity index (χ1) is 15.4. The molecule has 11 nitrogen and oxygen atoms in total.